The van der Waals surface area contributed by atoms with Crippen LogP contribution in [0.1, 0.15) is 29.0 Å². The number of anilines is 1. The molecule has 21 heavy (non-hydrogen) atoms. The largest absolute Gasteiger partial charge is 0.378 e. The normalized spacial score (nSPS) is 14.1. The Morgan fingerprint density at radius 1 is 1.00 bits per heavy atom. The molecule has 0 aliphatic heterocycles. The summed E-state index contributed by atoms with van der Waals surface area (Å²) in [5, 5.41) is 4.76. The first kappa shape index (κ1) is 12.8. The zero-order chi connectivity index (χ0) is 14.1. The molecule has 106 valence electrons. The zero-order valence-corrected chi connectivity index (χ0v) is 12.7. The van der Waals surface area contributed by atoms with Crippen LogP contribution in [0, 0.1) is 0 Å². The Morgan fingerprint density at radius 2 is 1.90 bits per heavy atom. The van der Waals surface area contributed by atoms with Crippen molar-refractivity contribution in [1.82, 2.24) is 4.98 Å². The Kier molecular flexibility index (Phi) is 3.36. The van der Waals surface area contributed by atoms with Gasteiger partial charge in [0.1, 0.15) is 5.01 Å². The third-order valence-electron chi connectivity index (χ3n) is 4.16. The molecule has 1 aliphatic carbocycles. The summed E-state index contributed by atoms with van der Waals surface area (Å²) in [4.78, 5) is 4.70. The van der Waals surface area contributed by atoms with Gasteiger partial charge in [-0.2, -0.15) is 0 Å². The fourth-order valence-corrected chi connectivity index (χ4v) is 4.02. The SMILES string of the molecule is c1cc2c(c(NCc3nc4ccccc4s3)c1)CCCC2. The summed E-state index contributed by atoms with van der Waals surface area (Å²) in [6, 6.07) is 15.0. The number of hydrogen-bond acceptors (Lipinski definition) is 3. The molecule has 2 aromatic carbocycles. The van der Waals surface area contributed by atoms with E-state index < -0.39 is 0 Å². The number of hydrogen-bond donors (Lipinski definition) is 1. The average molecular weight is 294 g/mol. The highest BCUT2D eigenvalue weighted by atomic mass is 32.1. The van der Waals surface area contributed by atoms with E-state index in [2.05, 4.69) is 41.7 Å². The second kappa shape index (κ2) is 5.49. The molecular formula is C18H18N2S. The minimum atomic E-state index is 0.815. The topological polar surface area (TPSA) is 24.9 Å². The molecule has 0 bridgehead atoms. The highest BCUT2D eigenvalue weighted by Gasteiger charge is 2.13. The van der Waals surface area contributed by atoms with Crippen LogP contribution >= 0.6 is 11.3 Å². The summed E-state index contributed by atoms with van der Waals surface area (Å²) in [7, 11) is 0. The molecule has 0 radical (unpaired) electrons. The van der Waals surface area contributed by atoms with E-state index in [1.54, 1.807) is 11.3 Å². The highest BCUT2D eigenvalue weighted by molar-refractivity contribution is 7.18. The van der Waals surface area contributed by atoms with Crippen molar-refractivity contribution in [2.24, 2.45) is 0 Å². The number of thiazole rings is 1. The molecule has 1 aliphatic rings. The van der Waals surface area contributed by atoms with E-state index in [1.165, 1.54) is 47.2 Å². The first-order valence-electron chi connectivity index (χ1n) is 7.59. The molecule has 1 aromatic heterocycles. The summed E-state index contributed by atoms with van der Waals surface area (Å²) in [5.41, 5.74) is 5.45. The molecular weight excluding hydrogens is 276 g/mol. The average Bonchev–Trinajstić information content (AvgIpc) is 2.96. The van der Waals surface area contributed by atoms with Crippen LogP contribution in [0.5, 0.6) is 0 Å². The molecule has 0 atom stereocenters. The number of aryl methyl sites for hydroxylation is 1. The third kappa shape index (κ3) is 2.54. The van der Waals surface area contributed by atoms with E-state index in [4.69, 9.17) is 4.98 Å². The van der Waals surface area contributed by atoms with Crippen LogP contribution in [-0.4, -0.2) is 4.98 Å². The van der Waals surface area contributed by atoms with Crippen LogP contribution in [-0.2, 0) is 19.4 Å². The first-order valence-corrected chi connectivity index (χ1v) is 8.41. The number of para-hydroxylation sites is 1. The maximum atomic E-state index is 4.70. The van der Waals surface area contributed by atoms with Crippen molar-refractivity contribution in [1.29, 1.82) is 0 Å². The van der Waals surface area contributed by atoms with E-state index in [0.717, 1.165) is 17.1 Å². The van der Waals surface area contributed by atoms with Gasteiger partial charge in [0, 0.05) is 5.69 Å². The van der Waals surface area contributed by atoms with Gasteiger partial charge in [-0.05, 0) is 55.0 Å². The zero-order valence-electron chi connectivity index (χ0n) is 11.9. The van der Waals surface area contributed by atoms with Crippen molar-refractivity contribution in [3.8, 4) is 0 Å². The van der Waals surface area contributed by atoms with Crippen molar-refractivity contribution >= 4 is 27.2 Å². The van der Waals surface area contributed by atoms with E-state index in [9.17, 15) is 0 Å². The molecule has 1 N–H and O–H groups in total. The van der Waals surface area contributed by atoms with E-state index in [0.29, 0.717) is 0 Å². The van der Waals surface area contributed by atoms with Crippen LogP contribution in [0.25, 0.3) is 10.2 Å². The maximum Gasteiger partial charge on any atom is 0.113 e. The third-order valence-corrected chi connectivity index (χ3v) is 5.20. The molecule has 0 saturated carbocycles. The fraction of sp³-hybridized carbons (Fsp3) is 0.278. The van der Waals surface area contributed by atoms with Crippen molar-refractivity contribution in [2.45, 2.75) is 32.2 Å². The number of rotatable bonds is 3. The molecule has 4 rings (SSSR count). The molecule has 0 spiro atoms. The fourth-order valence-electron chi connectivity index (χ4n) is 3.11. The second-order valence-corrected chi connectivity index (χ2v) is 6.69. The Morgan fingerprint density at radius 3 is 2.86 bits per heavy atom. The summed E-state index contributed by atoms with van der Waals surface area (Å²) >= 11 is 1.78. The van der Waals surface area contributed by atoms with Crippen LogP contribution < -0.4 is 5.32 Å². The minimum Gasteiger partial charge on any atom is -0.378 e. The van der Waals surface area contributed by atoms with Crippen LogP contribution in [0.15, 0.2) is 42.5 Å². The Bertz CT molecular complexity index is 743. The van der Waals surface area contributed by atoms with Gasteiger partial charge in [-0.3, -0.25) is 0 Å². The second-order valence-electron chi connectivity index (χ2n) is 5.58. The highest BCUT2D eigenvalue weighted by Crippen LogP contribution is 2.29. The van der Waals surface area contributed by atoms with Gasteiger partial charge in [-0.25, -0.2) is 4.98 Å². The van der Waals surface area contributed by atoms with E-state index in [1.807, 2.05) is 6.07 Å². The molecule has 3 heteroatoms. The van der Waals surface area contributed by atoms with Gasteiger partial charge in [0.2, 0.25) is 0 Å². The molecule has 2 nitrogen and oxygen atoms in total. The van der Waals surface area contributed by atoms with Gasteiger partial charge < -0.3 is 5.32 Å². The summed E-state index contributed by atoms with van der Waals surface area (Å²) in [5.74, 6) is 0. The summed E-state index contributed by atoms with van der Waals surface area (Å²) < 4.78 is 1.27. The maximum absolute atomic E-state index is 4.70. The van der Waals surface area contributed by atoms with Gasteiger partial charge in [0.05, 0.1) is 16.8 Å². The lowest BCUT2D eigenvalue weighted by atomic mass is 9.90. The van der Waals surface area contributed by atoms with Crippen LogP contribution in [0.4, 0.5) is 5.69 Å². The molecule has 3 aromatic rings. The van der Waals surface area contributed by atoms with Gasteiger partial charge >= 0.3 is 0 Å². The number of fused-ring (bicyclic) bond motifs is 2. The lowest BCUT2D eigenvalue weighted by Gasteiger charge is -2.19. The van der Waals surface area contributed by atoms with Gasteiger partial charge in [0.25, 0.3) is 0 Å². The van der Waals surface area contributed by atoms with Crippen molar-refractivity contribution in [3.63, 3.8) is 0 Å². The smallest absolute Gasteiger partial charge is 0.113 e. The molecule has 1 heterocycles. The standard InChI is InChI=1S/C18H18N2S/c1-2-8-14-13(6-1)7-5-10-15(14)19-12-18-20-16-9-3-4-11-17(16)21-18/h3-5,7,9-11,19H,1-2,6,8,12H2. The van der Waals surface area contributed by atoms with Gasteiger partial charge in [-0.1, -0.05) is 24.3 Å². The first-order chi connectivity index (χ1) is 10.4. The summed E-state index contributed by atoms with van der Waals surface area (Å²) in [6.07, 6.45) is 5.07. The monoisotopic (exact) mass is 294 g/mol. The number of benzene rings is 2. The lowest BCUT2D eigenvalue weighted by Crippen LogP contribution is -2.08. The Balaban J connectivity index is 1.56. The van der Waals surface area contributed by atoms with Crippen molar-refractivity contribution < 1.29 is 0 Å². The van der Waals surface area contributed by atoms with Gasteiger partial charge in [-0.15, -0.1) is 11.3 Å². The number of nitrogens with zero attached hydrogens (tertiary/aromatic N) is 1. The number of nitrogens with one attached hydrogen (secondary N) is 1. The van der Waals surface area contributed by atoms with E-state index in [-0.39, 0.29) is 0 Å². The molecule has 0 amide bonds. The predicted molar refractivity (Wildman–Crippen MR) is 90.0 cm³/mol. The molecule has 0 unspecified atom stereocenters. The summed E-state index contributed by atoms with van der Waals surface area (Å²) in [6.45, 7) is 0.815. The van der Waals surface area contributed by atoms with Gasteiger partial charge in [0.15, 0.2) is 0 Å². The Labute approximate surface area is 128 Å². The minimum absolute atomic E-state index is 0.815. The van der Waals surface area contributed by atoms with E-state index >= 15 is 0 Å². The predicted octanol–water partition coefficient (Wildman–Crippen LogP) is 4.79. The quantitative estimate of drug-likeness (QED) is 0.751. The molecule has 0 saturated heterocycles. The molecule has 0 fully saturated rings. The van der Waals surface area contributed by atoms with Crippen molar-refractivity contribution in [2.75, 3.05) is 5.32 Å². The Hall–Kier alpha value is -1.87. The lowest BCUT2D eigenvalue weighted by molar-refractivity contribution is 0.686. The van der Waals surface area contributed by atoms with Crippen LogP contribution in [0.2, 0.25) is 0 Å². The van der Waals surface area contributed by atoms with Crippen molar-refractivity contribution in [3.05, 3.63) is 58.6 Å². The van der Waals surface area contributed by atoms with Crippen LogP contribution in [0.3, 0.4) is 0 Å². The number of aromatic nitrogens is 1.